The van der Waals surface area contributed by atoms with E-state index in [1.54, 1.807) is 37.1 Å². The van der Waals surface area contributed by atoms with Gasteiger partial charge in [-0.15, -0.1) is 0 Å². The lowest BCUT2D eigenvalue weighted by atomic mass is 10.4. The number of imidazole rings is 1. The van der Waals surface area contributed by atoms with Gasteiger partial charge in [-0.2, -0.15) is 0 Å². The Bertz CT molecular complexity index is 600. The zero-order chi connectivity index (χ0) is 17.8. The van der Waals surface area contributed by atoms with E-state index in [0.29, 0.717) is 18.2 Å². The van der Waals surface area contributed by atoms with Crippen LogP contribution >= 0.6 is 15.9 Å². The average molecular weight is 386 g/mol. The van der Waals surface area contributed by atoms with Crippen LogP contribution in [-0.2, 0) is 4.74 Å². The minimum Gasteiger partial charge on any atom is -0.493 e. The molecule has 2 aromatic heterocycles. The molecule has 2 heterocycles. The lowest BCUT2D eigenvalue weighted by Crippen LogP contribution is -2.05. The molecule has 0 aromatic carbocycles. The second-order valence-electron chi connectivity index (χ2n) is 3.57. The van der Waals surface area contributed by atoms with Crippen molar-refractivity contribution in [3.8, 4) is 11.6 Å². The number of pyridine rings is 1. The van der Waals surface area contributed by atoms with E-state index in [0.717, 1.165) is 4.47 Å². The number of carbonyl (C=O) groups excluding carboxylic acids is 1. The van der Waals surface area contributed by atoms with Gasteiger partial charge in [-0.05, 0) is 28.9 Å². The molecule has 7 heteroatoms. The highest BCUT2D eigenvalue weighted by Gasteiger charge is 2.13. The number of rotatable bonds is 4. The van der Waals surface area contributed by atoms with Crippen LogP contribution in [0.1, 0.15) is 45.1 Å². The van der Waals surface area contributed by atoms with Gasteiger partial charge in [-0.25, -0.2) is 14.8 Å². The smallest absolute Gasteiger partial charge is 0.358 e. The normalized spacial score (nSPS) is 9.00. The predicted molar refractivity (Wildman–Crippen MR) is 94.3 cm³/mol. The van der Waals surface area contributed by atoms with Gasteiger partial charge in [0.1, 0.15) is 6.33 Å². The quantitative estimate of drug-likeness (QED) is 0.735. The van der Waals surface area contributed by atoms with Gasteiger partial charge in [0, 0.05) is 16.9 Å². The topological polar surface area (TPSA) is 66.2 Å². The fraction of sp³-hybridized carbons (Fsp3) is 0.438. The highest BCUT2D eigenvalue weighted by Crippen LogP contribution is 2.24. The summed E-state index contributed by atoms with van der Waals surface area (Å²) in [6.07, 6.45) is 4.68. The molecule has 0 saturated carbocycles. The third-order valence-corrected chi connectivity index (χ3v) is 2.76. The Kier molecular flexibility index (Phi) is 10.7. The maximum Gasteiger partial charge on any atom is 0.358 e. The Labute approximate surface area is 146 Å². The van der Waals surface area contributed by atoms with E-state index >= 15 is 0 Å². The van der Waals surface area contributed by atoms with Crippen molar-refractivity contribution in [2.24, 2.45) is 0 Å². The third-order valence-electron chi connectivity index (χ3n) is 2.33. The number of ether oxygens (including phenoxy) is 2. The molecule has 6 nitrogen and oxygen atoms in total. The summed E-state index contributed by atoms with van der Waals surface area (Å²) < 4.78 is 12.5. The van der Waals surface area contributed by atoms with Crippen molar-refractivity contribution < 1.29 is 14.3 Å². The largest absolute Gasteiger partial charge is 0.493 e. The van der Waals surface area contributed by atoms with Crippen molar-refractivity contribution in [3.63, 3.8) is 0 Å². The van der Waals surface area contributed by atoms with E-state index < -0.39 is 5.97 Å². The SMILES string of the molecule is CC.CC.CCOC(=O)c1cn(-c2ncc(Br)cc2OC)cn1. The molecule has 0 saturated heterocycles. The number of esters is 1. The highest BCUT2D eigenvalue weighted by molar-refractivity contribution is 9.10. The second kappa shape index (κ2) is 11.6. The maximum atomic E-state index is 11.5. The summed E-state index contributed by atoms with van der Waals surface area (Å²) in [6.45, 7) is 10.1. The summed E-state index contributed by atoms with van der Waals surface area (Å²) in [7, 11) is 1.55. The van der Waals surface area contributed by atoms with Crippen molar-refractivity contribution in [2.45, 2.75) is 34.6 Å². The van der Waals surface area contributed by atoms with Gasteiger partial charge in [0.2, 0.25) is 0 Å². The zero-order valence-electron chi connectivity index (χ0n) is 14.5. The maximum absolute atomic E-state index is 11.5. The summed E-state index contributed by atoms with van der Waals surface area (Å²) in [5.41, 5.74) is 0.230. The molecule has 0 atom stereocenters. The standard InChI is InChI=1S/C12H12BrN3O3.2C2H6/c1-3-19-12(17)9-6-16(7-15-9)11-10(18-2)4-8(13)5-14-11;2*1-2/h4-7H,3H2,1-2H3;2*1-2H3. The van der Waals surface area contributed by atoms with Crippen molar-refractivity contribution >= 4 is 21.9 Å². The van der Waals surface area contributed by atoms with Crippen molar-refractivity contribution in [2.75, 3.05) is 13.7 Å². The number of methoxy groups -OCH3 is 1. The Morgan fingerprint density at radius 1 is 1.26 bits per heavy atom. The van der Waals surface area contributed by atoms with Crippen LogP contribution in [0.3, 0.4) is 0 Å². The summed E-state index contributed by atoms with van der Waals surface area (Å²) in [6, 6.07) is 1.78. The van der Waals surface area contributed by atoms with Gasteiger partial charge in [-0.1, -0.05) is 27.7 Å². The van der Waals surface area contributed by atoms with E-state index in [9.17, 15) is 4.79 Å². The summed E-state index contributed by atoms with van der Waals surface area (Å²) in [5.74, 6) is 0.660. The van der Waals surface area contributed by atoms with Gasteiger partial charge < -0.3 is 9.47 Å². The first-order valence-corrected chi connectivity index (χ1v) is 8.36. The molecule has 0 amide bonds. The van der Waals surface area contributed by atoms with Crippen LogP contribution in [-0.4, -0.2) is 34.2 Å². The molecule has 0 aliphatic carbocycles. The minimum absolute atomic E-state index is 0.230. The van der Waals surface area contributed by atoms with Gasteiger partial charge in [0.05, 0.1) is 13.7 Å². The highest BCUT2D eigenvalue weighted by atomic mass is 79.9. The summed E-state index contributed by atoms with van der Waals surface area (Å²) >= 11 is 3.32. The second-order valence-corrected chi connectivity index (χ2v) is 4.48. The predicted octanol–water partition coefficient (Wildman–Crippen LogP) is 4.27. The fourth-order valence-corrected chi connectivity index (χ4v) is 1.82. The Hall–Kier alpha value is -1.89. The molecule has 2 aromatic rings. The van der Waals surface area contributed by atoms with Crippen LogP contribution in [0.4, 0.5) is 0 Å². The van der Waals surface area contributed by atoms with Crippen LogP contribution in [0.25, 0.3) is 5.82 Å². The summed E-state index contributed by atoms with van der Waals surface area (Å²) in [4.78, 5) is 19.8. The van der Waals surface area contributed by atoms with Gasteiger partial charge in [0.25, 0.3) is 0 Å². The molecule has 2 rings (SSSR count). The molecule has 0 spiro atoms. The third kappa shape index (κ3) is 6.02. The van der Waals surface area contributed by atoms with E-state index in [-0.39, 0.29) is 5.69 Å². The molecule has 0 bridgehead atoms. The lowest BCUT2D eigenvalue weighted by Gasteiger charge is -2.07. The van der Waals surface area contributed by atoms with E-state index in [1.807, 2.05) is 27.7 Å². The number of hydrogen-bond donors (Lipinski definition) is 0. The van der Waals surface area contributed by atoms with E-state index in [2.05, 4.69) is 25.9 Å². The Balaban J connectivity index is 0.00000112. The molecule has 128 valence electrons. The molecule has 23 heavy (non-hydrogen) atoms. The van der Waals surface area contributed by atoms with E-state index in [4.69, 9.17) is 9.47 Å². The van der Waals surface area contributed by atoms with Crippen LogP contribution in [0, 0.1) is 0 Å². The number of aromatic nitrogens is 3. The molecule has 0 N–H and O–H groups in total. The number of nitrogens with zero attached hydrogens (tertiary/aromatic N) is 3. The monoisotopic (exact) mass is 385 g/mol. The van der Waals surface area contributed by atoms with E-state index in [1.165, 1.54) is 6.33 Å². The van der Waals surface area contributed by atoms with Crippen LogP contribution in [0.15, 0.2) is 29.3 Å². The molecule has 0 unspecified atom stereocenters. The van der Waals surface area contributed by atoms with Crippen molar-refractivity contribution in [3.05, 3.63) is 35.0 Å². The Morgan fingerprint density at radius 3 is 2.48 bits per heavy atom. The first-order valence-electron chi connectivity index (χ1n) is 7.56. The van der Waals surface area contributed by atoms with Crippen LogP contribution < -0.4 is 4.74 Å². The van der Waals surface area contributed by atoms with Crippen molar-refractivity contribution in [1.29, 1.82) is 0 Å². The molecular formula is C16H24BrN3O3. The molecule has 0 radical (unpaired) electrons. The zero-order valence-corrected chi connectivity index (χ0v) is 16.0. The first kappa shape index (κ1) is 21.1. The first-order chi connectivity index (χ1) is 11.2. The van der Waals surface area contributed by atoms with Crippen molar-refractivity contribution in [1.82, 2.24) is 14.5 Å². The number of hydrogen-bond acceptors (Lipinski definition) is 5. The van der Waals surface area contributed by atoms with Gasteiger partial charge in [0.15, 0.2) is 17.3 Å². The minimum atomic E-state index is -0.461. The lowest BCUT2D eigenvalue weighted by molar-refractivity contribution is 0.0520. The summed E-state index contributed by atoms with van der Waals surface area (Å²) in [5, 5.41) is 0. The van der Waals surface area contributed by atoms with Gasteiger partial charge >= 0.3 is 5.97 Å². The average Bonchev–Trinajstić information content (AvgIpc) is 3.08. The molecule has 0 aliphatic rings. The van der Waals surface area contributed by atoms with Gasteiger partial charge in [-0.3, -0.25) is 4.57 Å². The number of carbonyl (C=O) groups is 1. The van der Waals surface area contributed by atoms with Crippen LogP contribution in [0.5, 0.6) is 5.75 Å². The molecular weight excluding hydrogens is 362 g/mol. The molecule has 0 aliphatic heterocycles. The Morgan fingerprint density at radius 2 is 1.91 bits per heavy atom. The number of halogens is 1. The van der Waals surface area contributed by atoms with Crippen LogP contribution in [0.2, 0.25) is 0 Å². The molecule has 0 fully saturated rings. The fourth-order valence-electron chi connectivity index (χ4n) is 1.51.